The third-order valence-corrected chi connectivity index (χ3v) is 2.24. The Bertz CT molecular complexity index is 96.3. The Morgan fingerprint density at radius 3 is 1.91 bits per heavy atom. The molecule has 1 aliphatic heterocycles. The van der Waals surface area contributed by atoms with Crippen LogP contribution in [0.3, 0.4) is 0 Å². The fourth-order valence-corrected chi connectivity index (χ4v) is 1.61. The van der Waals surface area contributed by atoms with Crippen LogP contribution in [0.2, 0.25) is 0 Å². The van der Waals surface area contributed by atoms with Crippen LogP contribution in [0, 0.1) is 11.8 Å². The van der Waals surface area contributed by atoms with E-state index in [9.17, 15) is 0 Å². The van der Waals surface area contributed by atoms with Crippen molar-refractivity contribution >= 4 is 0 Å². The minimum atomic E-state index is 0.639. The quantitative estimate of drug-likeness (QED) is 0.632. The van der Waals surface area contributed by atoms with Gasteiger partial charge in [0.05, 0.1) is 13.2 Å². The van der Waals surface area contributed by atoms with Crippen molar-refractivity contribution in [2.45, 2.75) is 0 Å². The van der Waals surface area contributed by atoms with E-state index in [2.05, 4.69) is 5.32 Å². The first-order chi connectivity index (χ1) is 5.38. The van der Waals surface area contributed by atoms with Gasteiger partial charge in [0.15, 0.2) is 0 Å². The Labute approximate surface area is 68.1 Å². The molecule has 0 radical (unpaired) electrons. The molecule has 0 spiro atoms. The molecule has 1 heterocycles. The molecule has 1 saturated heterocycles. The largest absolute Gasteiger partial charge is 0.384 e. The molecule has 0 amide bonds. The molecule has 1 aliphatic rings. The summed E-state index contributed by atoms with van der Waals surface area (Å²) < 4.78 is 10.2. The highest BCUT2D eigenvalue weighted by atomic mass is 16.5. The molecule has 0 aromatic rings. The summed E-state index contributed by atoms with van der Waals surface area (Å²) in [6.07, 6.45) is 0. The van der Waals surface area contributed by atoms with Gasteiger partial charge in [-0.1, -0.05) is 0 Å². The van der Waals surface area contributed by atoms with Gasteiger partial charge < -0.3 is 14.8 Å². The highest BCUT2D eigenvalue weighted by molar-refractivity contribution is 4.80. The Morgan fingerprint density at radius 2 is 1.55 bits per heavy atom. The van der Waals surface area contributed by atoms with E-state index in [1.54, 1.807) is 14.2 Å². The molecular formula is C8H17NO2. The Balaban J connectivity index is 2.25. The molecule has 0 bridgehead atoms. The molecule has 0 saturated carbocycles. The highest BCUT2D eigenvalue weighted by Gasteiger charge is 2.26. The SMILES string of the molecule is COCC1CNCC1COC. The van der Waals surface area contributed by atoms with Crippen molar-refractivity contribution in [1.82, 2.24) is 5.32 Å². The van der Waals surface area contributed by atoms with Crippen molar-refractivity contribution in [1.29, 1.82) is 0 Å². The molecule has 2 unspecified atom stereocenters. The lowest BCUT2D eigenvalue weighted by Gasteiger charge is -2.15. The fraction of sp³-hybridized carbons (Fsp3) is 1.00. The number of hydrogen-bond acceptors (Lipinski definition) is 3. The molecule has 1 rings (SSSR count). The minimum Gasteiger partial charge on any atom is -0.384 e. The number of methoxy groups -OCH3 is 2. The van der Waals surface area contributed by atoms with Crippen LogP contribution >= 0.6 is 0 Å². The van der Waals surface area contributed by atoms with Gasteiger partial charge in [0, 0.05) is 39.1 Å². The van der Waals surface area contributed by atoms with Gasteiger partial charge in [-0.2, -0.15) is 0 Å². The maximum absolute atomic E-state index is 5.11. The van der Waals surface area contributed by atoms with Gasteiger partial charge in [-0.15, -0.1) is 0 Å². The lowest BCUT2D eigenvalue weighted by Crippen LogP contribution is -2.21. The summed E-state index contributed by atoms with van der Waals surface area (Å²) in [5.74, 6) is 1.28. The van der Waals surface area contributed by atoms with E-state index in [0.29, 0.717) is 11.8 Å². The van der Waals surface area contributed by atoms with Crippen molar-refractivity contribution in [3.8, 4) is 0 Å². The summed E-state index contributed by atoms with van der Waals surface area (Å²) >= 11 is 0. The zero-order chi connectivity index (χ0) is 8.10. The van der Waals surface area contributed by atoms with Crippen molar-refractivity contribution in [2.24, 2.45) is 11.8 Å². The van der Waals surface area contributed by atoms with Gasteiger partial charge in [0.25, 0.3) is 0 Å². The molecule has 0 aromatic carbocycles. The van der Waals surface area contributed by atoms with Gasteiger partial charge in [-0.3, -0.25) is 0 Å². The van der Waals surface area contributed by atoms with Crippen LogP contribution in [0.15, 0.2) is 0 Å². The molecule has 0 aliphatic carbocycles. The summed E-state index contributed by atoms with van der Waals surface area (Å²) in [6.45, 7) is 3.84. The van der Waals surface area contributed by atoms with Gasteiger partial charge in [-0.05, 0) is 0 Å². The maximum atomic E-state index is 5.11. The van der Waals surface area contributed by atoms with Crippen molar-refractivity contribution in [2.75, 3.05) is 40.5 Å². The van der Waals surface area contributed by atoms with E-state index in [-0.39, 0.29) is 0 Å². The molecule has 3 nitrogen and oxygen atoms in total. The Morgan fingerprint density at radius 1 is 1.09 bits per heavy atom. The second kappa shape index (κ2) is 4.70. The molecule has 1 fully saturated rings. The topological polar surface area (TPSA) is 30.5 Å². The van der Waals surface area contributed by atoms with Crippen LogP contribution in [0.25, 0.3) is 0 Å². The van der Waals surface area contributed by atoms with E-state index in [1.807, 2.05) is 0 Å². The van der Waals surface area contributed by atoms with Gasteiger partial charge >= 0.3 is 0 Å². The third-order valence-electron chi connectivity index (χ3n) is 2.24. The van der Waals surface area contributed by atoms with Crippen LogP contribution in [0.1, 0.15) is 0 Å². The summed E-state index contributed by atoms with van der Waals surface area (Å²) in [4.78, 5) is 0. The fourth-order valence-electron chi connectivity index (χ4n) is 1.61. The van der Waals surface area contributed by atoms with Crippen molar-refractivity contribution in [3.05, 3.63) is 0 Å². The predicted octanol–water partition coefficient (Wildman–Crippen LogP) is 0.115. The predicted molar refractivity (Wildman–Crippen MR) is 43.6 cm³/mol. The molecule has 3 heteroatoms. The second-order valence-corrected chi connectivity index (χ2v) is 3.09. The smallest absolute Gasteiger partial charge is 0.0506 e. The van der Waals surface area contributed by atoms with Crippen LogP contribution in [-0.2, 0) is 9.47 Å². The number of rotatable bonds is 4. The van der Waals surface area contributed by atoms with E-state index in [0.717, 1.165) is 26.3 Å². The van der Waals surface area contributed by atoms with E-state index < -0.39 is 0 Å². The van der Waals surface area contributed by atoms with Crippen molar-refractivity contribution in [3.63, 3.8) is 0 Å². The number of nitrogens with one attached hydrogen (secondary N) is 1. The maximum Gasteiger partial charge on any atom is 0.0506 e. The minimum absolute atomic E-state index is 0.639. The Hall–Kier alpha value is -0.120. The van der Waals surface area contributed by atoms with Gasteiger partial charge in [0.1, 0.15) is 0 Å². The van der Waals surface area contributed by atoms with E-state index >= 15 is 0 Å². The zero-order valence-corrected chi connectivity index (χ0v) is 7.30. The molecular weight excluding hydrogens is 142 g/mol. The summed E-state index contributed by atoms with van der Waals surface area (Å²) in [7, 11) is 3.50. The van der Waals surface area contributed by atoms with Gasteiger partial charge in [0.2, 0.25) is 0 Å². The standard InChI is InChI=1S/C8H17NO2/c1-10-5-7-3-9-4-8(7)6-11-2/h7-9H,3-6H2,1-2H3. The average molecular weight is 159 g/mol. The highest BCUT2D eigenvalue weighted by Crippen LogP contribution is 2.16. The average Bonchev–Trinajstić information content (AvgIpc) is 2.39. The second-order valence-electron chi connectivity index (χ2n) is 3.09. The molecule has 2 atom stereocenters. The first kappa shape index (κ1) is 8.97. The first-order valence-electron chi connectivity index (χ1n) is 4.07. The van der Waals surface area contributed by atoms with Crippen LogP contribution in [0.5, 0.6) is 0 Å². The van der Waals surface area contributed by atoms with E-state index in [1.165, 1.54) is 0 Å². The normalized spacial score (nSPS) is 31.1. The molecule has 66 valence electrons. The van der Waals surface area contributed by atoms with Crippen LogP contribution in [0.4, 0.5) is 0 Å². The summed E-state index contributed by atoms with van der Waals surface area (Å²) in [5, 5.41) is 3.33. The third kappa shape index (κ3) is 2.43. The van der Waals surface area contributed by atoms with Crippen LogP contribution < -0.4 is 5.32 Å². The summed E-state index contributed by atoms with van der Waals surface area (Å²) in [6, 6.07) is 0. The molecule has 1 N–H and O–H groups in total. The number of hydrogen-bond donors (Lipinski definition) is 1. The Kier molecular flexibility index (Phi) is 3.83. The number of ether oxygens (including phenoxy) is 2. The summed E-state index contributed by atoms with van der Waals surface area (Å²) in [5.41, 5.74) is 0. The van der Waals surface area contributed by atoms with Gasteiger partial charge in [-0.25, -0.2) is 0 Å². The lowest BCUT2D eigenvalue weighted by molar-refractivity contribution is 0.0937. The molecule has 0 aromatic heterocycles. The van der Waals surface area contributed by atoms with Crippen LogP contribution in [-0.4, -0.2) is 40.5 Å². The van der Waals surface area contributed by atoms with Crippen molar-refractivity contribution < 1.29 is 9.47 Å². The molecule has 11 heavy (non-hydrogen) atoms. The monoisotopic (exact) mass is 159 g/mol. The van der Waals surface area contributed by atoms with E-state index in [4.69, 9.17) is 9.47 Å². The lowest BCUT2D eigenvalue weighted by atomic mass is 9.98. The first-order valence-corrected chi connectivity index (χ1v) is 4.07. The zero-order valence-electron chi connectivity index (χ0n) is 7.30.